The van der Waals surface area contributed by atoms with E-state index in [1.165, 1.54) is 0 Å². The molecule has 6 heteroatoms. The minimum absolute atomic E-state index is 0.0983. The predicted octanol–water partition coefficient (Wildman–Crippen LogP) is 3.49. The zero-order valence-electron chi connectivity index (χ0n) is 13.8. The highest BCUT2D eigenvalue weighted by Gasteiger charge is 2.11. The first-order valence-electron chi connectivity index (χ1n) is 7.38. The van der Waals surface area contributed by atoms with E-state index in [4.69, 9.17) is 10.5 Å². The van der Waals surface area contributed by atoms with Crippen LogP contribution < -0.4 is 15.8 Å². The van der Waals surface area contributed by atoms with Crippen LogP contribution in [0.1, 0.15) is 27.0 Å². The zero-order valence-corrected chi connectivity index (χ0v) is 15.4. The summed E-state index contributed by atoms with van der Waals surface area (Å²) in [6.07, 6.45) is 0. The van der Waals surface area contributed by atoms with Crippen LogP contribution >= 0.6 is 15.9 Å². The first-order valence-corrected chi connectivity index (χ1v) is 8.17. The molecular weight excluding hydrogens is 372 g/mol. The van der Waals surface area contributed by atoms with E-state index in [0.29, 0.717) is 17.0 Å². The van der Waals surface area contributed by atoms with E-state index in [2.05, 4.69) is 21.2 Å². The number of anilines is 1. The third-order valence-electron chi connectivity index (χ3n) is 3.77. The monoisotopic (exact) mass is 390 g/mol. The smallest absolute Gasteiger partial charge is 0.262 e. The fourth-order valence-corrected chi connectivity index (χ4v) is 2.63. The van der Waals surface area contributed by atoms with E-state index >= 15 is 0 Å². The van der Waals surface area contributed by atoms with Crippen molar-refractivity contribution in [2.45, 2.75) is 20.8 Å². The molecule has 0 aliphatic heterocycles. The van der Waals surface area contributed by atoms with Gasteiger partial charge in [-0.25, -0.2) is 0 Å². The highest BCUT2D eigenvalue weighted by molar-refractivity contribution is 9.10. The predicted molar refractivity (Wildman–Crippen MR) is 97.4 cm³/mol. The van der Waals surface area contributed by atoms with Gasteiger partial charge in [-0.1, -0.05) is 15.9 Å². The van der Waals surface area contributed by atoms with Crippen molar-refractivity contribution in [2.75, 3.05) is 11.9 Å². The molecule has 0 aromatic heterocycles. The van der Waals surface area contributed by atoms with Crippen LogP contribution in [0.5, 0.6) is 5.75 Å². The molecule has 24 heavy (non-hydrogen) atoms. The number of aryl methyl sites for hydroxylation is 1. The van der Waals surface area contributed by atoms with Gasteiger partial charge in [0.25, 0.3) is 5.91 Å². The Balaban J connectivity index is 2.00. The van der Waals surface area contributed by atoms with Crippen LogP contribution in [0.3, 0.4) is 0 Å². The number of primary amides is 1. The summed E-state index contributed by atoms with van der Waals surface area (Å²) in [4.78, 5) is 23.0. The third kappa shape index (κ3) is 4.14. The minimum atomic E-state index is -0.507. The van der Waals surface area contributed by atoms with Crippen LogP contribution in [-0.4, -0.2) is 18.4 Å². The van der Waals surface area contributed by atoms with Crippen LogP contribution in [0.15, 0.2) is 34.8 Å². The van der Waals surface area contributed by atoms with Crippen LogP contribution in [0.4, 0.5) is 5.69 Å². The lowest BCUT2D eigenvalue weighted by Crippen LogP contribution is -2.20. The Bertz CT molecular complexity index is 786. The number of ether oxygens (including phenoxy) is 1. The Hall–Kier alpha value is -2.34. The van der Waals surface area contributed by atoms with Gasteiger partial charge in [0.2, 0.25) is 5.91 Å². The van der Waals surface area contributed by atoms with E-state index in [1.54, 1.807) is 24.3 Å². The molecular formula is C18H19BrN2O3. The second-order valence-electron chi connectivity index (χ2n) is 5.53. The summed E-state index contributed by atoms with van der Waals surface area (Å²) in [6.45, 7) is 5.83. The lowest BCUT2D eigenvalue weighted by Gasteiger charge is -2.14. The van der Waals surface area contributed by atoms with E-state index in [1.807, 2.05) is 26.8 Å². The van der Waals surface area contributed by atoms with Gasteiger partial charge in [-0.05, 0) is 67.8 Å². The largest absolute Gasteiger partial charge is 0.483 e. The number of halogens is 1. The summed E-state index contributed by atoms with van der Waals surface area (Å²) < 4.78 is 6.69. The molecule has 0 heterocycles. The van der Waals surface area contributed by atoms with Gasteiger partial charge in [-0.2, -0.15) is 0 Å². The van der Waals surface area contributed by atoms with Crippen molar-refractivity contribution in [1.82, 2.24) is 0 Å². The van der Waals surface area contributed by atoms with Gasteiger partial charge < -0.3 is 15.8 Å². The van der Waals surface area contributed by atoms with Gasteiger partial charge in [0, 0.05) is 15.7 Å². The quantitative estimate of drug-likeness (QED) is 0.819. The molecule has 2 aromatic rings. The van der Waals surface area contributed by atoms with E-state index < -0.39 is 5.91 Å². The molecule has 0 radical (unpaired) electrons. The number of amides is 2. The molecule has 0 atom stereocenters. The Morgan fingerprint density at radius 3 is 2.33 bits per heavy atom. The molecule has 0 fully saturated rings. The second-order valence-corrected chi connectivity index (χ2v) is 6.33. The maximum atomic E-state index is 12.0. The Morgan fingerprint density at radius 1 is 1.12 bits per heavy atom. The molecule has 0 unspecified atom stereocenters. The van der Waals surface area contributed by atoms with Crippen LogP contribution in [-0.2, 0) is 4.79 Å². The molecule has 3 N–H and O–H groups in total. The number of nitrogens with two attached hydrogens (primary N) is 1. The number of rotatable bonds is 5. The molecule has 2 rings (SSSR count). The van der Waals surface area contributed by atoms with Crippen molar-refractivity contribution in [3.8, 4) is 5.75 Å². The van der Waals surface area contributed by atoms with Gasteiger partial charge in [0.15, 0.2) is 6.61 Å². The second kappa shape index (κ2) is 7.49. The van der Waals surface area contributed by atoms with Crippen molar-refractivity contribution >= 4 is 33.4 Å². The summed E-state index contributed by atoms with van der Waals surface area (Å²) in [7, 11) is 0. The first-order chi connectivity index (χ1) is 11.3. The molecule has 0 saturated carbocycles. The van der Waals surface area contributed by atoms with Crippen LogP contribution in [0.25, 0.3) is 0 Å². The maximum absolute atomic E-state index is 12.0. The summed E-state index contributed by atoms with van der Waals surface area (Å²) in [5.41, 5.74) is 9.28. The standard InChI is InChI=1S/C18H19BrN2O3/c1-10-8-15(11(2)12(3)17(10)19)24-9-16(22)21-14-6-4-13(5-7-14)18(20)23/h4-8H,9H2,1-3H3,(H2,20,23)(H,21,22). The van der Waals surface area contributed by atoms with Gasteiger partial charge in [0.05, 0.1) is 0 Å². The van der Waals surface area contributed by atoms with Crippen molar-refractivity contribution in [3.05, 3.63) is 57.1 Å². The Morgan fingerprint density at radius 2 is 1.75 bits per heavy atom. The number of nitrogens with one attached hydrogen (secondary N) is 1. The van der Waals surface area contributed by atoms with Crippen LogP contribution in [0, 0.1) is 20.8 Å². The topological polar surface area (TPSA) is 81.4 Å². The SMILES string of the molecule is Cc1cc(OCC(=O)Nc2ccc(C(N)=O)cc2)c(C)c(C)c1Br. The highest BCUT2D eigenvalue weighted by atomic mass is 79.9. The molecule has 0 bridgehead atoms. The van der Waals surface area contributed by atoms with E-state index in [0.717, 1.165) is 21.2 Å². The van der Waals surface area contributed by atoms with Crippen molar-refractivity contribution in [2.24, 2.45) is 5.73 Å². The van der Waals surface area contributed by atoms with Gasteiger partial charge in [0.1, 0.15) is 5.75 Å². The van der Waals surface area contributed by atoms with Gasteiger partial charge >= 0.3 is 0 Å². The number of hydrogen-bond donors (Lipinski definition) is 2. The lowest BCUT2D eigenvalue weighted by atomic mass is 10.1. The van der Waals surface area contributed by atoms with E-state index in [9.17, 15) is 9.59 Å². The molecule has 126 valence electrons. The summed E-state index contributed by atoms with van der Waals surface area (Å²) in [5.74, 6) is -0.0976. The van der Waals surface area contributed by atoms with Crippen LogP contribution in [0.2, 0.25) is 0 Å². The number of benzene rings is 2. The molecule has 5 nitrogen and oxygen atoms in total. The normalized spacial score (nSPS) is 10.3. The van der Waals surface area contributed by atoms with E-state index in [-0.39, 0.29) is 12.5 Å². The summed E-state index contributed by atoms with van der Waals surface area (Å²) in [5, 5.41) is 2.71. The number of carbonyl (C=O) groups is 2. The fraction of sp³-hybridized carbons (Fsp3) is 0.222. The van der Waals surface area contributed by atoms with Gasteiger partial charge in [-0.3, -0.25) is 9.59 Å². The van der Waals surface area contributed by atoms with Crippen molar-refractivity contribution < 1.29 is 14.3 Å². The Labute approximate surface area is 149 Å². The number of hydrogen-bond acceptors (Lipinski definition) is 3. The minimum Gasteiger partial charge on any atom is -0.483 e. The molecule has 0 aliphatic rings. The molecule has 0 aliphatic carbocycles. The Kier molecular flexibility index (Phi) is 5.62. The summed E-state index contributed by atoms with van der Waals surface area (Å²) >= 11 is 3.54. The van der Waals surface area contributed by atoms with Crippen molar-refractivity contribution in [3.63, 3.8) is 0 Å². The molecule has 0 spiro atoms. The maximum Gasteiger partial charge on any atom is 0.262 e. The van der Waals surface area contributed by atoms with Gasteiger partial charge in [-0.15, -0.1) is 0 Å². The zero-order chi connectivity index (χ0) is 17.9. The fourth-order valence-electron chi connectivity index (χ4n) is 2.22. The average Bonchev–Trinajstić information content (AvgIpc) is 2.55. The summed E-state index contributed by atoms with van der Waals surface area (Å²) in [6, 6.07) is 8.27. The highest BCUT2D eigenvalue weighted by Crippen LogP contribution is 2.31. The number of carbonyl (C=O) groups excluding carboxylic acids is 2. The molecule has 2 amide bonds. The lowest BCUT2D eigenvalue weighted by molar-refractivity contribution is -0.118. The average molecular weight is 391 g/mol. The third-order valence-corrected chi connectivity index (χ3v) is 4.99. The van der Waals surface area contributed by atoms with Crippen molar-refractivity contribution in [1.29, 1.82) is 0 Å². The molecule has 0 saturated heterocycles. The molecule has 2 aromatic carbocycles. The first kappa shape index (κ1) is 18.0.